The molecular weight excluding hydrogens is 564 g/mol. The molecule has 14 heteroatoms. The SMILES string of the molecule is COC(=O)C(C)NC(=O)c1ccc(C(=O)NS(=O)(=O)c2ccc(C(=O)NCCOc3ccccc3)cc2Cl)cn1. The topological polar surface area (TPSA) is 170 Å². The van der Waals surface area contributed by atoms with Crippen molar-refractivity contribution in [2.45, 2.75) is 17.9 Å². The zero-order chi connectivity index (χ0) is 29.3. The van der Waals surface area contributed by atoms with Crippen molar-refractivity contribution in [3.8, 4) is 5.75 Å². The van der Waals surface area contributed by atoms with Crippen molar-refractivity contribution in [2.75, 3.05) is 20.3 Å². The second-order valence-corrected chi connectivity index (χ2v) is 10.2. The highest BCUT2D eigenvalue weighted by Gasteiger charge is 2.24. The van der Waals surface area contributed by atoms with Crippen LogP contribution in [0.1, 0.15) is 38.1 Å². The first-order valence-corrected chi connectivity index (χ1v) is 13.6. The summed E-state index contributed by atoms with van der Waals surface area (Å²) in [5.74, 6) is -2.23. The maximum absolute atomic E-state index is 12.8. The number of amides is 3. The summed E-state index contributed by atoms with van der Waals surface area (Å²) < 4.78 is 37.5. The number of methoxy groups -OCH3 is 1. The molecule has 1 heterocycles. The first-order chi connectivity index (χ1) is 19.0. The maximum atomic E-state index is 12.8. The van der Waals surface area contributed by atoms with Gasteiger partial charge < -0.3 is 20.1 Å². The fourth-order valence-electron chi connectivity index (χ4n) is 3.22. The molecule has 2 aromatic carbocycles. The number of carbonyl (C=O) groups excluding carboxylic acids is 4. The third-order valence-corrected chi connectivity index (χ3v) is 7.08. The minimum atomic E-state index is -4.43. The smallest absolute Gasteiger partial charge is 0.328 e. The van der Waals surface area contributed by atoms with Crippen LogP contribution in [0.3, 0.4) is 0 Å². The minimum absolute atomic E-state index is 0.106. The number of pyridine rings is 1. The summed E-state index contributed by atoms with van der Waals surface area (Å²) in [5, 5.41) is 4.73. The molecule has 3 N–H and O–H groups in total. The van der Waals surface area contributed by atoms with Gasteiger partial charge in [-0.1, -0.05) is 29.8 Å². The lowest BCUT2D eigenvalue weighted by Gasteiger charge is -2.12. The Kier molecular flexibility index (Phi) is 10.2. The monoisotopic (exact) mass is 588 g/mol. The first-order valence-electron chi connectivity index (χ1n) is 11.7. The number of esters is 1. The maximum Gasteiger partial charge on any atom is 0.328 e. The summed E-state index contributed by atoms with van der Waals surface area (Å²) in [5.41, 5.74) is -0.167. The van der Waals surface area contributed by atoms with Gasteiger partial charge in [0, 0.05) is 11.8 Å². The average molecular weight is 589 g/mol. The van der Waals surface area contributed by atoms with E-state index in [2.05, 4.69) is 20.4 Å². The number of carbonyl (C=O) groups is 4. The normalized spacial score (nSPS) is 11.6. The molecule has 0 fully saturated rings. The first kappa shape index (κ1) is 30.1. The molecule has 40 heavy (non-hydrogen) atoms. The second kappa shape index (κ2) is 13.5. The summed E-state index contributed by atoms with van der Waals surface area (Å²) in [6.07, 6.45) is 0.999. The van der Waals surface area contributed by atoms with Gasteiger partial charge in [0.2, 0.25) is 0 Å². The molecule has 3 aromatic rings. The van der Waals surface area contributed by atoms with Gasteiger partial charge >= 0.3 is 5.97 Å². The Balaban J connectivity index is 1.59. The third kappa shape index (κ3) is 8.01. The summed E-state index contributed by atoms with van der Waals surface area (Å²) in [7, 11) is -3.25. The second-order valence-electron chi connectivity index (χ2n) is 8.15. The molecule has 3 amide bonds. The summed E-state index contributed by atoms with van der Waals surface area (Å²) in [6, 6.07) is 14.0. The Morgan fingerprint density at radius 3 is 2.27 bits per heavy atom. The molecule has 0 saturated heterocycles. The Morgan fingerprint density at radius 1 is 0.950 bits per heavy atom. The van der Waals surface area contributed by atoms with Gasteiger partial charge in [0.05, 0.1) is 24.2 Å². The van der Waals surface area contributed by atoms with Crippen molar-refractivity contribution in [2.24, 2.45) is 0 Å². The molecule has 0 bridgehead atoms. The minimum Gasteiger partial charge on any atom is -0.492 e. The van der Waals surface area contributed by atoms with Gasteiger partial charge in [0.25, 0.3) is 27.7 Å². The van der Waals surface area contributed by atoms with Crippen molar-refractivity contribution in [3.05, 3.63) is 88.7 Å². The summed E-state index contributed by atoms with van der Waals surface area (Å²) in [6.45, 7) is 1.83. The lowest BCUT2D eigenvalue weighted by Crippen LogP contribution is -2.39. The number of sulfonamides is 1. The van der Waals surface area contributed by atoms with E-state index in [4.69, 9.17) is 16.3 Å². The van der Waals surface area contributed by atoms with Gasteiger partial charge in [0.1, 0.15) is 29.0 Å². The van der Waals surface area contributed by atoms with Gasteiger partial charge in [-0.15, -0.1) is 0 Å². The molecule has 0 spiro atoms. The number of benzene rings is 2. The number of aromatic nitrogens is 1. The number of hydrogen-bond donors (Lipinski definition) is 3. The van der Waals surface area contributed by atoms with E-state index < -0.39 is 44.7 Å². The van der Waals surface area contributed by atoms with Gasteiger partial charge in [-0.05, 0) is 49.4 Å². The van der Waals surface area contributed by atoms with Gasteiger partial charge in [-0.3, -0.25) is 19.4 Å². The van der Waals surface area contributed by atoms with Crippen LogP contribution in [0.5, 0.6) is 5.75 Å². The lowest BCUT2D eigenvalue weighted by atomic mass is 10.2. The molecule has 1 atom stereocenters. The largest absolute Gasteiger partial charge is 0.492 e. The number of rotatable bonds is 11. The number of halogens is 1. The van der Waals surface area contributed by atoms with Gasteiger partial charge in [-0.25, -0.2) is 17.9 Å². The zero-order valence-electron chi connectivity index (χ0n) is 21.3. The Labute approximate surface area is 235 Å². The van der Waals surface area contributed by atoms with Crippen LogP contribution in [0.4, 0.5) is 0 Å². The van der Waals surface area contributed by atoms with Crippen LogP contribution in [-0.4, -0.2) is 63.4 Å². The van der Waals surface area contributed by atoms with E-state index in [9.17, 15) is 27.6 Å². The molecule has 1 unspecified atom stereocenters. The Hall–Kier alpha value is -4.49. The van der Waals surface area contributed by atoms with E-state index in [-0.39, 0.29) is 35.0 Å². The molecule has 12 nitrogen and oxygen atoms in total. The van der Waals surface area contributed by atoms with Crippen LogP contribution >= 0.6 is 11.6 Å². The van der Waals surface area contributed by atoms with Crippen molar-refractivity contribution >= 4 is 45.3 Å². The van der Waals surface area contributed by atoms with Crippen LogP contribution in [0, 0.1) is 0 Å². The van der Waals surface area contributed by atoms with Gasteiger partial charge in [-0.2, -0.15) is 0 Å². The van der Waals surface area contributed by atoms with Crippen molar-refractivity contribution in [1.82, 2.24) is 20.3 Å². The van der Waals surface area contributed by atoms with Crippen LogP contribution in [0.25, 0.3) is 0 Å². The molecule has 0 radical (unpaired) electrons. The van der Waals surface area contributed by atoms with Crippen LogP contribution in [0.2, 0.25) is 5.02 Å². The highest BCUT2D eigenvalue weighted by molar-refractivity contribution is 7.90. The highest BCUT2D eigenvalue weighted by Crippen LogP contribution is 2.23. The van der Waals surface area contributed by atoms with Crippen LogP contribution < -0.4 is 20.1 Å². The summed E-state index contributed by atoms with van der Waals surface area (Å²) >= 11 is 6.13. The average Bonchev–Trinajstić information content (AvgIpc) is 2.94. The third-order valence-electron chi connectivity index (χ3n) is 5.27. The lowest BCUT2D eigenvalue weighted by molar-refractivity contribution is -0.142. The number of nitrogens with zero attached hydrogens (tertiary/aromatic N) is 1. The van der Waals surface area contributed by atoms with E-state index in [0.717, 1.165) is 18.3 Å². The quantitative estimate of drug-likeness (QED) is 0.224. The van der Waals surface area contributed by atoms with E-state index in [1.54, 1.807) is 12.1 Å². The highest BCUT2D eigenvalue weighted by atomic mass is 35.5. The Morgan fingerprint density at radius 2 is 1.65 bits per heavy atom. The van der Waals surface area contributed by atoms with E-state index in [1.165, 1.54) is 32.2 Å². The van der Waals surface area contributed by atoms with E-state index >= 15 is 0 Å². The number of para-hydroxylation sites is 1. The molecule has 1 aromatic heterocycles. The van der Waals surface area contributed by atoms with E-state index in [1.807, 2.05) is 22.9 Å². The van der Waals surface area contributed by atoms with Crippen molar-refractivity contribution < 1.29 is 37.1 Å². The van der Waals surface area contributed by atoms with Crippen LogP contribution in [-0.2, 0) is 19.6 Å². The fraction of sp³-hybridized carbons (Fsp3) is 0.192. The van der Waals surface area contributed by atoms with E-state index in [0.29, 0.717) is 5.75 Å². The zero-order valence-corrected chi connectivity index (χ0v) is 22.9. The number of nitrogens with one attached hydrogen (secondary N) is 3. The predicted octanol–water partition coefficient (Wildman–Crippen LogP) is 1.95. The number of ether oxygens (including phenoxy) is 2. The molecular formula is C26H25ClN4O8S. The van der Waals surface area contributed by atoms with Crippen LogP contribution in [0.15, 0.2) is 71.8 Å². The summed E-state index contributed by atoms with van der Waals surface area (Å²) in [4.78, 5) is 52.0. The molecule has 210 valence electrons. The fourth-order valence-corrected chi connectivity index (χ4v) is 4.74. The molecule has 0 aliphatic rings. The number of hydrogen-bond acceptors (Lipinski definition) is 9. The van der Waals surface area contributed by atoms with Crippen molar-refractivity contribution in [1.29, 1.82) is 0 Å². The standard InChI is InChI=1S/C26H25ClN4O8S/c1-16(26(35)38-2)30-25(34)21-10-8-18(15-29-21)24(33)31-40(36,37)22-11-9-17(14-20(22)27)23(32)28-12-13-39-19-6-4-3-5-7-19/h3-11,14-16H,12-13H2,1-2H3,(H,28,32)(H,30,34)(H,31,33). The van der Waals surface area contributed by atoms with Gasteiger partial charge in [0.15, 0.2) is 0 Å². The molecule has 3 rings (SSSR count). The molecule has 0 aliphatic heterocycles. The predicted molar refractivity (Wildman–Crippen MR) is 144 cm³/mol. The molecule has 0 saturated carbocycles. The van der Waals surface area contributed by atoms with Crippen molar-refractivity contribution in [3.63, 3.8) is 0 Å². The Bertz CT molecular complexity index is 1500. The molecule has 0 aliphatic carbocycles.